The molecule has 45 heavy (non-hydrogen) atoms. The van der Waals surface area contributed by atoms with Gasteiger partial charge in [-0.3, -0.25) is 13.9 Å². The van der Waals surface area contributed by atoms with Crippen LogP contribution in [-0.4, -0.2) is 71.2 Å². The van der Waals surface area contributed by atoms with Crippen molar-refractivity contribution in [3.8, 4) is 0 Å². The lowest BCUT2D eigenvalue weighted by molar-refractivity contribution is 0.0178. The number of anilines is 1. The number of thiophene rings is 1. The van der Waals surface area contributed by atoms with Gasteiger partial charge in [0.1, 0.15) is 17.7 Å². The number of benzene rings is 1. The Morgan fingerprint density at radius 3 is 2.67 bits per heavy atom. The molecule has 0 spiro atoms. The van der Waals surface area contributed by atoms with Crippen LogP contribution in [-0.2, 0) is 25.6 Å². The molecule has 1 saturated carbocycles. The van der Waals surface area contributed by atoms with Gasteiger partial charge in [-0.15, -0.1) is 11.3 Å². The first-order chi connectivity index (χ1) is 21.1. The van der Waals surface area contributed by atoms with Crippen molar-refractivity contribution < 1.29 is 32.0 Å². The molecule has 1 amide bonds. The molecule has 4 N–H and O–H groups in total. The van der Waals surface area contributed by atoms with E-state index in [2.05, 4.69) is 19.5 Å². The number of nitrogens with zero attached hydrogens (tertiary/aromatic N) is 3. The number of aliphatic hydroxyl groups is 1. The van der Waals surface area contributed by atoms with Crippen LogP contribution in [0.3, 0.4) is 0 Å². The molecule has 16 heteroatoms. The van der Waals surface area contributed by atoms with Crippen molar-refractivity contribution >= 4 is 62.5 Å². The highest BCUT2D eigenvalue weighted by Gasteiger charge is 2.38. The van der Waals surface area contributed by atoms with Crippen molar-refractivity contribution in [1.29, 1.82) is 0 Å². The van der Waals surface area contributed by atoms with Crippen LogP contribution in [0, 0.1) is 5.92 Å². The molecule has 0 bridgehead atoms. The van der Waals surface area contributed by atoms with Gasteiger partial charge in [0.15, 0.2) is 0 Å². The van der Waals surface area contributed by atoms with E-state index < -0.39 is 45.8 Å². The average molecular weight is 699 g/mol. The molecule has 0 radical (unpaired) electrons. The molecular formula is C29H33Cl2N5O7S2. The number of aromatic nitrogens is 2. The topological polar surface area (TPSA) is 174 Å². The first kappa shape index (κ1) is 33.5. The van der Waals surface area contributed by atoms with E-state index in [0.717, 1.165) is 22.5 Å². The Bertz CT molecular complexity index is 1710. The Balaban J connectivity index is 1.43. The number of carbonyl (C=O) groups excluding carboxylic acids is 2. The van der Waals surface area contributed by atoms with Crippen LogP contribution in [0.4, 0.5) is 10.6 Å². The summed E-state index contributed by atoms with van der Waals surface area (Å²) >= 11 is 14.3. The number of amides is 1. The number of carbonyl (C=O) groups is 2. The first-order valence-corrected chi connectivity index (χ1v) is 17.2. The molecule has 242 valence electrons. The minimum atomic E-state index is -4.15. The molecule has 2 aliphatic rings. The molecule has 2 aromatic heterocycles. The summed E-state index contributed by atoms with van der Waals surface area (Å²) in [6.07, 6.45) is 2.55. The molecule has 0 saturated heterocycles. The van der Waals surface area contributed by atoms with E-state index in [1.165, 1.54) is 12.5 Å². The largest absolute Gasteiger partial charge is 0.444 e. The maximum Gasteiger partial charge on any atom is 0.411 e. The number of hydrogen-bond donors (Lipinski definition) is 3. The minimum absolute atomic E-state index is 0.178. The third kappa shape index (κ3) is 7.94. The fourth-order valence-electron chi connectivity index (χ4n) is 5.64. The third-order valence-electron chi connectivity index (χ3n) is 7.60. The monoisotopic (exact) mass is 697 g/mol. The van der Waals surface area contributed by atoms with Gasteiger partial charge in [0.25, 0.3) is 0 Å². The molecule has 5 rings (SSSR count). The van der Waals surface area contributed by atoms with Crippen LogP contribution in [0.25, 0.3) is 0 Å². The minimum Gasteiger partial charge on any atom is -0.444 e. The van der Waals surface area contributed by atoms with Crippen LogP contribution in [0.2, 0.25) is 9.36 Å². The number of nitrogens with two attached hydrogens (primary N) is 1. The van der Waals surface area contributed by atoms with Crippen LogP contribution >= 0.6 is 34.5 Å². The molecule has 3 heterocycles. The maximum atomic E-state index is 13.9. The second-order valence-corrected chi connectivity index (χ2v) is 15.4. The maximum absolute atomic E-state index is 13.9. The average Bonchev–Trinajstić information content (AvgIpc) is 3.50. The Hall–Kier alpha value is -2.85. The number of ketones is 1. The Labute approximate surface area is 275 Å². The van der Waals surface area contributed by atoms with E-state index >= 15 is 0 Å². The Morgan fingerprint density at radius 1 is 1.20 bits per heavy atom. The lowest BCUT2D eigenvalue weighted by atomic mass is 9.89. The van der Waals surface area contributed by atoms with Gasteiger partial charge in [0, 0.05) is 35.3 Å². The van der Waals surface area contributed by atoms with Gasteiger partial charge in [-0.05, 0) is 69.4 Å². The summed E-state index contributed by atoms with van der Waals surface area (Å²) in [4.78, 5) is 37.5. The van der Waals surface area contributed by atoms with Gasteiger partial charge in [0.2, 0.25) is 5.78 Å². The normalized spacial score (nSPS) is 21.8. The number of hydrogen-bond acceptors (Lipinski definition) is 11. The van der Waals surface area contributed by atoms with E-state index in [1.807, 2.05) is 6.07 Å². The Morgan fingerprint density at radius 2 is 1.96 bits per heavy atom. The molecular weight excluding hydrogens is 665 g/mol. The van der Waals surface area contributed by atoms with Crippen molar-refractivity contribution in [2.75, 3.05) is 18.5 Å². The SMILES string of the molecule is CC(C)(C)OC(=O)N1CCc2ccc(Cl)cc2[C@@H]1c1cc(C(=O)c2cncnc2N[C@@H]2C[C@H](COS(N)(=O)=O)[C@@H](O)C2)sc1Cl. The number of rotatable bonds is 8. The molecule has 4 atom stereocenters. The predicted octanol–water partition coefficient (Wildman–Crippen LogP) is 4.73. The standard InChI is InChI=1S/C29H33Cl2N5O7S2/c1-29(2,3)43-28(39)36-7-6-15-4-5-17(30)9-19(15)24(36)20-11-23(44-26(20)31)25(38)21-12-33-14-34-27(21)35-18-8-16(22(37)10-18)13-42-45(32,40)41/h4-5,9,11-12,14,16,18,22,24,37H,6-8,10,13H2,1-3H3,(H2,32,40,41)(H,33,34,35)/t16-,18-,22+,24-/m1/s1. The van der Waals surface area contributed by atoms with Crippen LogP contribution in [0.15, 0.2) is 36.8 Å². The number of fused-ring (bicyclic) bond motifs is 1. The van der Waals surface area contributed by atoms with Gasteiger partial charge >= 0.3 is 16.4 Å². The second kappa shape index (κ2) is 13.1. The highest BCUT2D eigenvalue weighted by molar-refractivity contribution is 7.84. The zero-order chi connectivity index (χ0) is 32.7. The van der Waals surface area contributed by atoms with E-state index in [-0.39, 0.29) is 30.5 Å². The zero-order valence-corrected chi connectivity index (χ0v) is 27.8. The third-order valence-corrected chi connectivity index (χ3v) is 9.68. The zero-order valence-electron chi connectivity index (χ0n) is 24.7. The van der Waals surface area contributed by atoms with Crippen molar-refractivity contribution in [2.45, 2.75) is 63.8 Å². The lowest BCUT2D eigenvalue weighted by Crippen LogP contribution is -2.43. The number of ether oxygens (including phenoxy) is 1. The van der Waals surface area contributed by atoms with Gasteiger partial charge in [-0.1, -0.05) is 29.3 Å². The van der Waals surface area contributed by atoms with Crippen molar-refractivity contribution in [1.82, 2.24) is 14.9 Å². The molecule has 3 aromatic rings. The number of halogens is 2. The second-order valence-electron chi connectivity index (χ2n) is 12.0. The van der Waals surface area contributed by atoms with Crippen LogP contribution < -0.4 is 10.5 Å². The predicted molar refractivity (Wildman–Crippen MR) is 170 cm³/mol. The molecule has 0 unspecified atom stereocenters. The van der Waals surface area contributed by atoms with Crippen LogP contribution in [0.5, 0.6) is 0 Å². The van der Waals surface area contributed by atoms with Crippen molar-refractivity contribution in [3.63, 3.8) is 0 Å². The van der Waals surface area contributed by atoms with E-state index in [1.54, 1.807) is 43.9 Å². The molecule has 12 nitrogen and oxygen atoms in total. The van der Waals surface area contributed by atoms with E-state index in [9.17, 15) is 23.1 Å². The van der Waals surface area contributed by atoms with Crippen molar-refractivity contribution in [2.24, 2.45) is 11.1 Å². The highest BCUT2D eigenvalue weighted by Crippen LogP contribution is 2.44. The van der Waals surface area contributed by atoms with Gasteiger partial charge in [0.05, 0.1) is 33.5 Å². The van der Waals surface area contributed by atoms with Gasteiger partial charge < -0.3 is 15.2 Å². The first-order valence-electron chi connectivity index (χ1n) is 14.1. The number of aliphatic hydroxyl groups excluding tert-OH is 1. The highest BCUT2D eigenvalue weighted by atomic mass is 35.5. The van der Waals surface area contributed by atoms with Crippen LogP contribution in [0.1, 0.15) is 71.6 Å². The summed E-state index contributed by atoms with van der Waals surface area (Å²) in [5, 5.41) is 19.0. The summed E-state index contributed by atoms with van der Waals surface area (Å²) < 4.78 is 33.1. The fraction of sp³-hybridized carbons (Fsp3) is 0.448. The Kier molecular flexibility index (Phi) is 9.76. The summed E-state index contributed by atoms with van der Waals surface area (Å²) in [5.74, 6) is -0.633. The van der Waals surface area contributed by atoms with Gasteiger partial charge in [-0.2, -0.15) is 8.42 Å². The van der Waals surface area contributed by atoms with E-state index in [0.29, 0.717) is 39.2 Å². The quantitative estimate of drug-likeness (QED) is 0.279. The smallest absolute Gasteiger partial charge is 0.411 e. The number of nitrogens with one attached hydrogen (secondary N) is 1. The molecule has 1 aliphatic carbocycles. The lowest BCUT2D eigenvalue weighted by Gasteiger charge is -2.38. The summed E-state index contributed by atoms with van der Waals surface area (Å²) in [6, 6.07) is 6.22. The molecule has 1 fully saturated rings. The van der Waals surface area contributed by atoms with Crippen molar-refractivity contribution in [3.05, 3.63) is 73.3 Å². The summed E-state index contributed by atoms with van der Waals surface area (Å²) in [7, 11) is -4.15. The molecule has 1 aromatic carbocycles. The summed E-state index contributed by atoms with van der Waals surface area (Å²) in [6.45, 7) is 5.49. The van der Waals surface area contributed by atoms with E-state index in [4.69, 9.17) is 33.1 Å². The summed E-state index contributed by atoms with van der Waals surface area (Å²) in [5.41, 5.74) is 1.81. The fourth-order valence-corrected chi connectivity index (χ4v) is 7.46. The van der Waals surface area contributed by atoms with Gasteiger partial charge in [-0.25, -0.2) is 19.9 Å². The molecule has 1 aliphatic heterocycles.